The Hall–Kier alpha value is -2.49. The topological polar surface area (TPSA) is 70.7 Å². The second-order valence-electron chi connectivity index (χ2n) is 7.23. The predicted octanol–water partition coefficient (Wildman–Crippen LogP) is 4.66. The lowest BCUT2D eigenvalue weighted by Crippen LogP contribution is -2.34. The van der Waals surface area contributed by atoms with Crippen LogP contribution in [0.5, 0.6) is 11.5 Å². The van der Waals surface area contributed by atoms with Gasteiger partial charge in [-0.05, 0) is 56.4 Å². The summed E-state index contributed by atoms with van der Waals surface area (Å²) in [6.45, 7) is 7.90. The fraction of sp³-hybridized carbons (Fsp3) is 0.350. The summed E-state index contributed by atoms with van der Waals surface area (Å²) in [7, 11) is 0. The molecule has 0 saturated heterocycles. The van der Waals surface area contributed by atoms with Gasteiger partial charge in [-0.25, -0.2) is 0 Å². The van der Waals surface area contributed by atoms with Crippen molar-refractivity contribution < 1.29 is 19.4 Å². The van der Waals surface area contributed by atoms with Crippen LogP contribution in [0.2, 0.25) is 0 Å². The van der Waals surface area contributed by atoms with Crippen molar-refractivity contribution in [3.63, 3.8) is 0 Å². The number of phenolic OH excluding ortho intramolecular Hbond substituents is 2. The quantitative estimate of drug-likeness (QED) is 0.691. The van der Waals surface area contributed by atoms with E-state index in [2.05, 4.69) is 6.92 Å². The summed E-state index contributed by atoms with van der Waals surface area (Å²) in [4.78, 5) is 12.8. The summed E-state index contributed by atoms with van der Waals surface area (Å²) >= 11 is 0. The van der Waals surface area contributed by atoms with E-state index in [-0.39, 0.29) is 28.4 Å². The molecular weight excluding hydrogens is 304 g/mol. The monoisotopic (exact) mass is 324 g/mol. The number of hydrogen-bond donors (Lipinski definition) is 2. The molecule has 2 aromatic rings. The average Bonchev–Trinajstić information content (AvgIpc) is 2.92. The van der Waals surface area contributed by atoms with Crippen LogP contribution in [0.1, 0.15) is 55.1 Å². The molecule has 0 fully saturated rings. The second kappa shape index (κ2) is 4.53. The van der Waals surface area contributed by atoms with Crippen LogP contribution in [0, 0.1) is 6.92 Å². The van der Waals surface area contributed by atoms with Gasteiger partial charge in [0.1, 0.15) is 5.75 Å². The van der Waals surface area contributed by atoms with Gasteiger partial charge in [0.15, 0.2) is 17.1 Å². The molecule has 4 nitrogen and oxygen atoms in total. The summed E-state index contributed by atoms with van der Waals surface area (Å²) in [5.41, 5.74) is 4.43. The van der Waals surface area contributed by atoms with Gasteiger partial charge >= 0.3 is 0 Å². The number of carbonyl (C=O) groups is 1. The van der Waals surface area contributed by atoms with Crippen LogP contribution in [0.4, 0.5) is 0 Å². The van der Waals surface area contributed by atoms with Crippen molar-refractivity contribution in [3.8, 4) is 11.5 Å². The number of rotatable bonds is 0. The minimum Gasteiger partial charge on any atom is -0.506 e. The van der Waals surface area contributed by atoms with Crippen LogP contribution >= 0.6 is 0 Å². The van der Waals surface area contributed by atoms with Gasteiger partial charge < -0.3 is 14.6 Å². The molecule has 0 aliphatic heterocycles. The molecule has 0 bridgehead atoms. The minimum absolute atomic E-state index is 0.0281. The molecular formula is C20H20O4. The SMILES string of the molecule is CC1=C(C)C2=CC(=O)c3c(c(O)c4occ(C)c4c3O)[C@@]2(C)CC1. The highest BCUT2D eigenvalue weighted by atomic mass is 16.3. The number of hydrogen-bond acceptors (Lipinski definition) is 4. The first-order valence-electron chi connectivity index (χ1n) is 8.16. The van der Waals surface area contributed by atoms with E-state index in [4.69, 9.17) is 4.42 Å². The summed E-state index contributed by atoms with van der Waals surface area (Å²) in [6, 6.07) is 0. The maximum atomic E-state index is 12.8. The van der Waals surface area contributed by atoms with E-state index in [9.17, 15) is 15.0 Å². The zero-order valence-electron chi connectivity index (χ0n) is 14.3. The molecule has 2 aliphatic rings. The Morgan fingerprint density at radius 2 is 1.88 bits per heavy atom. The van der Waals surface area contributed by atoms with Crippen molar-refractivity contribution in [3.05, 3.63) is 45.7 Å². The fourth-order valence-corrected chi connectivity index (χ4v) is 4.30. The molecule has 1 aromatic carbocycles. The van der Waals surface area contributed by atoms with E-state index in [1.54, 1.807) is 13.0 Å². The molecule has 4 heteroatoms. The van der Waals surface area contributed by atoms with Crippen LogP contribution in [0.15, 0.2) is 33.5 Å². The normalized spacial score (nSPS) is 23.3. The molecule has 1 heterocycles. The van der Waals surface area contributed by atoms with Gasteiger partial charge in [-0.15, -0.1) is 0 Å². The van der Waals surface area contributed by atoms with Crippen LogP contribution in [-0.2, 0) is 5.41 Å². The molecule has 4 rings (SSSR count). The summed E-state index contributed by atoms with van der Waals surface area (Å²) in [5.74, 6) is -0.379. The Balaban J connectivity index is 2.16. The fourth-order valence-electron chi connectivity index (χ4n) is 4.30. The molecule has 124 valence electrons. The Morgan fingerprint density at radius 3 is 2.58 bits per heavy atom. The van der Waals surface area contributed by atoms with Gasteiger partial charge in [-0.3, -0.25) is 4.79 Å². The molecule has 2 aliphatic carbocycles. The third-order valence-corrected chi connectivity index (χ3v) is 5.86. The van der Waals surface area contributed by atoms with Crippen molar-refractivity contribution in [1.29, 1.82) is 0 Å². The third-order valence-electron chi connectivity index (χ3n) is 5.86. The maximum Gasteiger partial charge on any atom is 0.190 e. The number of benzene rings is 1. The molecule has 0 radical (unpaired) electrons. The molecule has 0 saturated carbocycles. The Kier molecular flexibility index (Phi) is 2.84. The number of allylic oxidation sites excluding steroid dienone is 4. The third kappa shape index (κ3) is 1.61. The van der Waals surface area contributed by atoms with E-state index >= 15 is 0 Å². The van der Waals surface area contributed by atoms with Crippen molar-refractivity contribution in [2.24, 2.45) is 0 Å². The van der Waals surface area contributed by atoms with Gasteiger partial charge in [0.05, 0.1) is 17.2 Å². The average molecular weight is 324 g/mol. The Morgan fingerprint density at radius 1 is 1.17 bits per heavy atom. The number of phenols is 2. The highest BCUT2D eigenvalue weighted by Gasteiger charge is 2.45. The first-order valence-corrected chi connectivity index (χ1v) is 8.16. The number of aryl methyl sites for hydroxylation is 1. The van der Waals surface area contributed by atoms with Crippen LogP contribution in [0.25, 0.3) is 11.0 Å². The Labute approximate surface area is 140 Å². The van der Waals surface area contributed by atoms with E-state index in [0.717, 1.165) is 24.0 Å². The number of furan rings is 1. The van der Waals surface area contributed by atoms with Crippen LogP contribution in [-0.4, -0.2) is 16.0 Å². The highest BCUT2D eigenvalue weighted by molar-refractivity contribution is 6.15. The number of carbonyl (C=O) groups excluding carboxylic acids is 1. The molecule has 1 atom stereocenters. The molecule has 0 amide bonds. The molecule has 1 aromatic heterocycles. The number of fused-ring (bicyclic) bond motifs is 4. The van der Waals surface area contributed by atoms with Crippen molar-refractivity contribution in [2.75, 3.05) is 0 Å². The first-order chi connectivity index (χ1) is 11.3. The standard InChI is InChI=1S/C20H20O4/c1-9-5-6-20(4)12(11(9)3)7-13(21)15-16(20)18(23)19-14(17(15)22)10(2)8-24-19/h7-8,22-23H,5-6H2,1-4H3/t20-/m0/s1. The lowest BCUT2D eigenvalue weighted by molar-refractivity contribution is 0.103. The number of ketones is 1. The summed E-state index contributed by atoms with van der Waals surface area (Å²) in [5, 5.41) is 22.1. The lowest BCUT2D eigenvalue weighted by atomic mass is 9.61. The van der Waals surface area contributed by atoms with Gasteiger partial charge in [-0.1, -0.05) is 12.5 Å². The van der Waals surface area contributed by atoms with Gasteiger partial charge in [0, 0.05) is 11.0 Å². The first kappa shape index (κ1) is 15.1. The van der Waals surface area contributed by atoms with Crippen LogP contribution in [0.3, 0.4) is 0 Å². The molecule has 0 spiro atoms. The molecule has 2 N–H and O–H groups in total. The highest BCUT2D eigenvalue weighted by Crippen LogP contribution is 2.56. The Bertz CT molecular complexity index is 987. The molecule has 0 unspecified atom stereocenters. The van der Waals surface area contributed by atoms with Crippen molar-refractivity contribution >= 4 is 16.8 Å². The van der Waals surface area contributed by atoms with Crippen molar-refractivity contribution in [1.82, 2.24) is 0 Å². The summed E-state index contributed by atoms with van der Waals surface area (Å²) in [6.07, 6.45) is 4.79. The largest absolute Gasteiger partial charge is 0.506 e. The van der Waals surface area contributed by atoms with E-state index < -0.39 is 5.41 Å². The van der Waals surface area contributed by atoms with Gasteiger partial charge in [0.2, 0.25) is 0 Å². The van der Waals surface area contributed by atoms with Gasteiger partial charge in [0.25, 0.3) is 0 Å². The minimum atomic E-state index is -0.511. The zero-order valence-corrected chi connectivity index (χ0v) is 14.3. The van der Waals surface area contributed by atoms with Gasteiger partial charge in [-0.2, -0.15) is 0 Å². The summed E-state index contributed by atoms with van der Waals surface area (Å²) < 4.78 is 5.48. The number of aromatic hydroxyl groups is 2. The predicted molar refractivity (Wildman–Crippen MR) is 91.7 cm³/mol. The van der Waals surface area contributed by atoms with E-state index in [1.165, 1.54) is 11.8 Å². The van der Waals surface area contributed by atoms with Crippen molar-refractivity contribution in [2.45, 2.75) is 46.0 Å². The zero-order chi connectivity index (χ0) is 17.4. The van der Waals surface area contributed by atoms with Crippen LogP contribution < -0.4 is 0 Å². The van der Waals surface area contributed by atoms with E-state index in [1.807, 2.05) is 13.8 Å². The van der Waals surface area contributed by atoms with E-state index in [0.29, 0.717) is 16.5 Å². The smallest absolute Gasteiger partial charge is 0.190 e. The second-order valence-corrected chi connectivity index (χ2v) is 7.23. The molecule has 24 heavy (non-hydrogen) atoms. The lowest BCUT2D eigenvalue weighted by Gasteiger charge is -2.41. The maximum absolute atomic E-state index is 12.8.